The van der Waals surface area contributed by atoms with Crippen LogP contribution in [0.4, 0.5) is 10.5 Å². The third-order valence-corrected chi connectivity index (χ3v) is 6.91. The molecule has 0 spiro atoms. The molecule has 0 unspecified atom stereocenters. The number of rotatable bonds is 7. The van der Waals surface area contributed by atoms with Crippen LogP contribution in [0.15, 0.2) is 72.8 Å². The number of fused-ring (bicyclic) bond motifs is 3. The van der Waals surface area contributed by atoms with E-state index >= 15 is 0 Å². The summed E-state index contributed by atoms with van der Waals surface area (Å²) in [7, 11) is 1.50. The molecule has 0 radical (unpaired) electrons. The van der Waals surface area contributed by atoms with E-state index in [9.17, 15) is 14.4 Å². The van der Waals surface area contributed by atoms with Gasteiger partial charge in [0.1, 0.15) is 13.2 Å². The average molecular weight is 471 g/mol. The van der Waals surface area contributed by atoms with Gasteiger partial charge < -0.3 is 14.7 Å². The molecular weight excluding hydrogens is 444 g/mol. The van der Waals surface area contributed by atoms with E-state index in [-0.39, 0.29) is 25.0 Å². The molecule has 178 valence electrons. The van der Waals surface area contributed by atoms with Crippen LogP contribution in [0.2, 0.25) is 0 Å². The van der Waals surface area contributed by atoms with Gasteiger partial charge in [-0.1, -0.05) is 60.7 Å². The van der Waals surface area contributed by atoms with E-state index in [1.54, 1.807) is 24.3 Å². The van der Waals surface area contributed by atoms with Crippen LogP contribution in [0, 0.1) is 0 Å². The van der Waals surface area contributed by atoms with Gasteiger partial charge in [-0.25, -0.2) is 4.79 Å². The molecular formula is C28H26N2O5. The third-order valence-electron chi connectivity index (χ3n) is 6.91. The molecule has 7 nitrogen and oxygen atoms in total. The summed E-state index contributed by atoms with van der Waals surface area (Å²) >= 11 is 0. The lowest BCUT2D eigenvalue weighted by Crippen LogP contribution is -2.39. The molecule has 0 heterocycles. The number of carbonyl (C=O) groups excluding carboxylic acids is 2. The van der Waals surface area contributed by atoms with Gasteiger partial charge in [0, 0.05) is 18.7 Å². The minimum atomic E-state index is -1.04. The molecule has 0 aliphatic heterocycles. The Morgan fingerprint density at radius 2 is 1.51 bits per heavy atom. The maximum Gasteiger partial charge on any atom is 0.411 e. The van der Waals surface area contributed by atoms with Crippen LogP contribution in [-0.4, -0.2) is 48.2 Å². The molecule has 5 rings (SSSR count). The fourth-order valence-electron chi connectivity index (χ4n) is 5.02. The number of aliphatic carboxylic acids is 1. The van der Waals surface area contributed by atoms with E-state index in [1.165, 1.54) is 23.1 Å². The number of hydrogen-bond donors (Lipinski definition) is 2. The first-order chi connectivity index (χ1) is 16.9. The summed E-state index contributed by atoms with van der Waals surface area (Å²) in [6.45, 7) is -0.104. The van der Waals surface area contributed by atoms with Crippen LogP contribution in [0.3, 0.4) is 0 Å². The van der Waals surface area contributed by atoms with Gasteiger partial charge in [0.2, 0.25) is 5.91 Å². The normalized spacial score (nSPS) is 15.0. The number of anilines is 1. The maximum absolute atomic E-state index is 12.8. The van der Waals surface area contributed by atoms with Gasteiger partial charge in [-0.15, -0.1) is 0 Å². The summed E-state index contributed by atoms with van der Waals surface area (Å²) in [6, 6.07) is 23.4. The summed E-state index contributed by atoms with van der Waals surface area (Å²) < 4.78 is 5.59. The van der Waals surface area contributed by atoms with Crippen LogP contribution >= 0.6 is 0 Å². The van der Waals surface area contributed by atoms with Gasteiger partial charge in [-0.3, -0.25) is 14.9 Å². The molecule has 0 atom stereocenters. The summed E-state index contributed by atoms with van der Waals surface area (Å²) in [5, 5.41) is 11.7. The lowest BCUT2D eigenvalue weighted by Gasteiger charge is -2.22. The Labute approximate surface area is 203 Å². The highest BCUT2D eigenvalue weighted by Crippen LogP contribution is 2.49. The molecule has 0 aromatic heterocycles. The summed E-state index contributed by atoms with van der Waals surface area (Å²) in [5.41, 5.74) is 5.35. The Hall–Kier alpha value is -4.13. The van der Waals surface area contributed by atoms with Gasteiger partial charge in [0.25, 0.3) is 0 Å². The Kier molecular flexibility index (Phi) is 5.76. The molecule has 7 heteroatoms. The van der Waals surface area contributed by atoms with Crippen LogP contribution in [0.5, 0.6) is 0 Å². The lowest BCUT2D eigenvalue weighted by molar-refractivity contribution is -0.144. The van der Waals surface area contributed by atoms with Crippen molar-refractivity contribution in [2.24, 2.45) is 0 Å². The lowest BCUT2D eigenvalue weighted by atomic mass is 9.94. The minimum Gasteiger partial charge on any atom is -0.480 e. The highest BCUT2D eigenvalue weighted by Gasteiger charge is 2.52. The zero-order valence-electron chi connectivity index (χ0n) is 19.4. The molecule has 0 bridgehead atoms. The minimum absolute atomic E-state index is 0.0148. The number of amides is 2. The van der Waals surface area contributed by atoms with E-state index in [2.05, 4.69) is 29.6 Å². The predicted octanol–water partition coefficient (Wildman–Crippen LogP) is 4.62. The SMILES string of the molecule is CN(CC(=O)O)C(=O)C1(c2ccc(NC(=O)OCC3c4ccccc4-c4ccccc43)cc2)CC1. The third kappa shape index (κ3) is 4.25. The summed E-state index contributed by atoms with van der Waals surface area (Å²) in [4.78, 5) is 37.5. The summed E-state index contributed by atoms with van der Waals surface area (Å²) in [6.07, 6.45) is 0.808. The Morgan fingerprint density at radius 1 is 0.943 bits per heavy atom. The number of benzene rings is 3. The summed E-state index contributed by atoms with van der Waals surface area (Å²) in [5.74, 6) is -1.25. The predicted molar refractivity (Wildman–Crippen MR) is 131 cm³/mol. The maximum atomic E-state index is 12.8. The van der Waals surface area contributed by atoms with Gasteiger partial charge in [-0.2, -0.15) is 0 Å². The second-order valence-corrected chi connectivity index (χ2v) is 9.16. The highest BCUT2D eigenvalue weighted by atomic mass is 16.5. The fraction of sp³-hybridized carbons (Fsp3) is 0.250. The molecule has 0 saturated heterocycles. The van der Waals surface area contributed by atoms with E-state index in [1.807, 2.05) is 24.3 Å². The van der Waals surface area contributed by atoms with Gasteiger partial charge in [0.15, 0.2) is 0 Å². The van der Waals surface area contributed by atoms with Gasteiger partial charge in [0.05, 0.1) is 5.41 Å². The van der Waals surface area contributed by atoms with E-state index < -0.39 is 17.5 Å². The fourth-order valence-corrected chi connectivity index (χ4v) is 5.02. The van der Waals surface area contributed by atoms with Crippen LogP contribution < -0.4 is 5.32 Å². The molecule has 2 aliphatic rings. The first-order valence-corrected chi connectivity index (χ1v) is 11.6. The van der Waals surface area contributed by atoms with Crippen molar-refractivity contribution < 1.29 is 24.2 Å². The van der Waals surface area contributed by atoms with Gasteiger partial charge >= 0.3 is 12.1 Å². The van der Waals surface area contributed by atoms with Crippen molar-refractivity contribution in [1.29, 1.82) is 0 Å². The number of carboxylic acid groups (broad SMARTS) is 1. The first-order valence-electron chi connectivity index (χ1n) is 11.6. The van der Waals surface area contributed by atoms with E-state index in [0.29, 0.717) is 18.5 Å². The zero-order valence-corrected chi connectivity index (χ0v) is 19.4. The molecule has 3 aromatic rings. The quantitative estimate of drug-likeness (QED) is 0.525. The molecule has 2 amide bonds. The molecule has 1 fully saturated rings. The number of nitrogens with zero attached hydrogens (tertiary/aromatic N) is 1. The van der Waals surface area contributed by atoms with Crippen molar-refractivity contribution in [2.45, 2.75) is 24.2 Å². The van der Waals surface area contributed by atoms with Crippen molar-refractivity contribution in [2.75, 3.05) is 25.5 Å². The number of ether oxygens (including phenoxy) is 1. The van der Waals surface area contributed by atoms with Crippen LogP contribution in [0.25, 0.3) is 11.1 Å². The molecule has 2 N–H and O–H groups in total. The highest BCUT2D eigenvalue weighted by molar-refractivity contribution is 5.93. The molecule has 35 heavy (non-hydrogen) atoms. The second-order valence-electron chi connectivity index (χ2n) is 9.16. The number of carboxylic acids is 1. The zero-order chi connectivity index (χ0) is 24.6. The molecule has 2 aliphatic carbocycles. The van der Waals surface area contributed by atoms with E-state index in [4.69, 9.17) is 9.84 Å². The second kappa shape index (κ2) is 8.91. The Morgan fingerprint density at radius 3 is 2.06 bits per heavy atom. The Balaban J connectivity index is 1.22. The van der Waals surface area contributed by atoms with Gasteiger partial charge in [-0.05, 0) is 52.8 Å². The number of hydrogen-bond acceptors (Lipinski definition) is 4. The Bertz CT molecular complexity index is 1250. The first kappa shape index (κ1) is 22.7. The smallest absolute Gasteiger partial charge is 0.411 e. The monoisotopic (exact) mass is 470 g/mol. The van der Waals surface area contributed by atoms with Crippen molar-refractivity contribution in [3.8, 4) is 11.1 Å². The van der Waals surface area contributed by atoms with Crippen molar-refractivity contribution in [3.63, 3.8) is 0 Å². The number of carbonyl (C=O) groups is 3. The van der Waals surface area contributed by atoms with Crippen LogP contribution in [0.1, 0.15) is 35.4 Å². The average Bonchev–Trinajstić information content (AvgIpc) is 3.60. The number of likely N-dealkylation sites (N-methyl/N-ethyl adjacent to an activating group) is 1. The van der Waals surface area contributed by atoms with Crippen molar-refractivity contribution in [3.05, 3.63) is 89.5 Å². The molecule has 3 aromatic carbocycles. The number of nitrogens with one attached hydrogen (secondary N) is 1. The molecule has 1 saturated carbocycles. The van der Waals surface area contributed by atoms with Crippen molar-refractivity contribution >= 4 is 23.7 Å². The largest absolute Gasteiger partial charge is 0.480 e. The van der Waals surface area contributed by atoms with Crippen LogP contribution in [-0.2, 0) is 19.7 Å². The topological polar surface area (TPSA) is 95.9 Å². The standard InChI is InChI=1S/C28H26N2O5/c1-30(16-25(31)32)26(33)28(14-15-28)18-10-12-19(13-11-18)29-27(34)35-17-24-22-8-4-2-6-20(22)21-7-3-5-9-23(21)24/h2-13,24H,14-17H2,1H3,(H,29,34)(H,31,32). The van der Waals surface area contributed by atoms with E-state index in [0.717, 1.165) is 16.7 Å². The van der Waals surface area contributed by atoms with Crippen molar-refractivity contribution in [1.82, 2.24) is 4.90 Å².